The van der Waals surface area contributed by atoms with Crippen molar-refractivity contribution in [1.82, 2.24) is 4.90 Å². The molecular weight excluding hydrogens is 332 g/mol. The third kappa shape index (κ3) is 4.09. The molecule has 2 aromatic carbocycles. The average molecular weight is 354 g/mol. The minimum atomic E-state index is -0.422. The molecule has 1 fully saturated rings. The number of aliphatic hydroxyl groups excluding tert-OH is 1. The minimum Gasteiger partial charge on any atom is -0.394 e. The number of likely N-dealkylation sites (N-methyl/N-ethyl adjacent to an activating group) is 1. The molecule has 0 bridgehead atoms. The van der Waals surface area contributed by atoms with Gasteiger partial charge in [0.05, 0.1) is 19.1 Å². The number of anilines is 1. The van der Waals surface area contributed by atoms with Crippen molar-refractivity contribution in [2.45, 2.75) is 18.6 Å². The fourth-order valence-electron chi connectivity index (χ4n) is 3.04. The third-order valence-electron chi connectivity index (χ3n) is 4.54. The largest absolute Gasteiger partial charge is 0.394 e. The third-order valence-corrected chi connectivity index (χ3v) is 4.54. The molecule has 6 heteroatoms. The summed E-state index contributed by atoms with van der Waals surface area (Å²) >= 11 is 0. The van der Waals surface area contributed by atoms with Gasteiger partial charge in [0.25, 0.3) is 0 Å². The molecule has 3 rings (SSSR count). The number of amides is 2. The fraction of sp³-hybridized carbons (Fsp3) is 0.300. The van der Waals surface area contributed by atoms with Crippen molar-refractivity contribution in [3.05, 3.63) is 65.7 Å². The lowest BCUT2D eigenvalue weighted by atomic mass is 9.99. The van der Waals surface area contributed by atoms with Crippen molar-refractivity contribution in [2.75, 3.05) is 25.6 Å². The summed E-state index contributed by atoms with van der Waals surface area (Å²) in [7, 11) is 1.66. The number of carbonyl (C=O) groups is 2. The topological polar surface area (TPSA) is 78.9 Å². The number of aliphatic hydroxyl groups is 1. The Labute approximate surface area is 152 Å². The van der Waals surface area contributed by atoms with E-state index in [1.807, 2.05) is 42.5 Å². The number of benzene rings is 2. The highest BCUT2D eigenvalue weighted by Crippen LogP contribution is 2.29. The lowest BCUT2D eigenvalue weighted by Crippen LogP contribution is -2.50. The highest BCUT2D eigenvalue weighted by Gasteiger charge is 2.34. The van der Waals surface area contributed by atoms with Crippen LogP contribution < -0.4 is 5.32 Å². The number of ether oxygens (including phenoxy) is 1. The average Bonchev–Trinajstić information content (AvgIpc) is 2.65. The van der Waals surface area contributed by atoms with E-state index >= 15 is 0 Å². The summed E-state index contributed by atoms with van der Waals surface area (Å²) in [5.74, 6) is -0.235. The van der Waals surface area contributed by atoms with E-state index in [2.05, 4.69) is 5.32 Å². The van der Waals surface area contributed by atoms with E-state index < -0.39 is 12.1 Å². The molecule has 1 aliphatic heterocycles. The fourth-order valence-corrected chi connectivity index (χ4v) is 3.04. The van der Waals surface area contributed by atoms with Gasteiger partial charge in [0.1, 0.15) is 12.7 Å². The molecule has 2 atom stereocenters. The predicted molar refractivity (Wildman–Crippen MR) is 97.6 cm³/mol. The summed E-state index contributed by atoms with van der Waals surface area (Å²) in [4.78, 5) is 25.4. The second kappa shape index (κ2) is 8.12. The summed E-state index contributed by atoms with van der Waals surface area (Å²) in [6.45, 7) is -0.185. The van der Waals surface area contributed by atoms with Crippen molar-refractivity contribution < 1.29 is 19.4 Å². The highest BCUT2D eigenvalue weighted by atomic mass is 16.5. The Kier molecular flexibility index (Phi) is 5.65. The van der Waals surface area contributed by atoms with Gasteiger partial charge in [-0.3, -0.25) is 9.59 Å². The van der Waals surface area contributed by atoms with Gasteiger partial charge in [0.2, 0.25) is 11.8 Å². The highest BCUT2D eigenvalue weighted by molar-refractivity contribution is 5.92. The molecule has 2 N–H and O–H groups in total. The van der Waals surface area contributed by atoms with Crippen LogP contribution in [0.5, 0.6) is 0 Å². The molecule has 6 nitrogen and oxygen atoms in total. The van der Waals surface area contributed by atoms with Crippen LogP contribution in [-0.2, 0) is 20.7 Å². The van der Waals surface area contributed by atoms with Gasteiger partial charge in [-0.05, 0) is 23.3 Å². The Hall–Kier alpha value is -2.70. The second-order valence-electron chi connectivity index (χ2n) is 6.32. The lowest BCUT2D eigenvalue weighted by Gasteiger charge is -2.38. The van der Waals surface area contributed by atoms with Crippen molar-refractivity contribution in [3.8, 4) is 0 Å². The quantitative estimate of drug-likeness (QED) is 0.858. The maximum Gasteiger partial charge on any atom is 0.248 e. The van der Waals surface area contributed by atoms with Crippen LogP contribution >= 0.6 is 0 Å². The van der Waals surface area contributed by atoms with Crippen LogP contribution in [0.15, 0.2) is 54.6 Å². The smallest absolute Gasteiger partial charge is 0.248 e. The van der Waals surface area contributed by atoms with Gasteiger partial charge >= 0.3 is 0 Å². The zero-order valence-corrected chi connectivity index (χ0v) is 14.6. The first-order valence-electron chi connectivity index (χ1n) is 8.50. The number of morpholine rings is 1. The standard InChI is InChI=1S/C20H22N2O4/c1-22-17(12-23)20(26-13-19(22)25)15-7-9-16(10-8-15)21-18(24)11-14-5-3-2-4-6-14/h2-10,17,20,23H,11-13H2,1H3,(H,21,24). The molecule has 1 aliphatic rings. The number of carbonyl (C=O) groups excluding carboxylic acids is 2. The molecular formula is C20H22N2O4. The van der Waals surface area contributed by atoms with E-state index in [-0.39, 0.29) is 25.0 Å². The van der Waals surface area contributed by atoms with Gasteiger partial charge in [-0.1, -0.05) is 42.5 Å². The van der Waals surface area contributed by atoms with E-state index in [4.69, 9.17) is 4.74 Å². The molecule has 1 heterocycles. The summed E-state index contributed by atoms with van der Waals surface area (Å²) in [5, 5.41) is 12.5. The van der Waals surface area contributed by atoms with Crippen molar-refractivity contribution >= 4 is 17.5 Å². The Morgan fingerprint density at radius 3 is 2.54 bits per heavy atom. The molecule has 2 amide bonds. The van der Waals surface area contributed by atoms with E-state index in [1.165, 1.54) is 4.90 Å². The van der Waals surface area contributed by atoms with Gasteiger partial charge < -0.3 is 20.1 Å². The Bertz CT molecular complexity index is 761. The molecule has 1 saturated heterocycles. The van der Waals surface area contributed by atoms with Gasteiger partial charge in [0, 0.05) is 12.7 Å². The molecule has 0 aliphatic carbocycles. The zero-order chi connectivity index (χ0) is 18.5. The number of nitrogens with one attached hydrogen (secondary N) is 1. The molecule has 0 aromatic heterocycles. The minimum absolute atomic E-state index is 0.00672. The molecule has 0 saturated carbocycles. The predicted octanol–water partition coefficient (Wildman–Crippen LogP) is 1.76. The van der Waals surface area contributed by atoms with Gasteiger partial charge in [-0.25, -0.2) is 0 Å². The lowest BCUT2D eigenvalue weighted by molar-refractivity contribution is -0.157. The van der Waals surface area contributed by atoms with Crippen LogP contribution in [0.3, 0.4) is 0 Å². The van der Waals surface area contributed by atoms with Crippen LogP contribution in [0.25, 0.3) is 0 Å². The van der Waals surface area contributed by atoms with Crippen LogP contribution in [0, 0.1) is 0 Å². The number of hydrogen-bond acceptors (Lipinski definition) is 4. The second-order valence-corrected chi connectivity index (χ2v) is 6.32. The van der Waals surface area contributed by atoms with Crippen LogP contribution in [-0.4, -0.2) is 48.1 Å². The zero-order valence-electron chi connectivity index (χ0n) is 14.6. The van der Waals surface area contributed by atoms with Gasteiger partial charge in [-0.15, -0.1) is 0 Å². The number of nitrogens with zero attached hydrogens (tertiary/aromatic N) is 1. The van der Waals surface area contributed by atoms with Crippen molar-refractivity contribution in [3.63, 3.8) is 0 Å². The Balaban J connectivity index is 1.64. The SMILES string of the molecule is CN1C(=O)COC(c2ccc(NC(=O)Cc3ccccc3)cc2)C1CO. The normalized spacial score (nSPS) is 20.1. The summed E-state index contributed by atoms with van der Waals surface area (Å²) in [6.07, 6.45) is -0.0786. The Morgan fingerprint density at radius 1 is 1.19 bits per heavy atom. The van der Waals surface area contributed by atoms with Crippen LogP contribution in [0.4, 0.5) is 5.69 Å². The molecule has 2 aromatic rings. The molecule has 0 spiro atoms. The molecule has 26 heavy (non-hydrogen) atoms. The van der Waals surface area contributed by atoms with Crippen molar-refractivity contribution in [2.24, 2.45) is 0 Å². The van der Waals surface area contributed by atoms with E-state index in [1.54, 1.807) is 19.2 Å². The first-order valence-corrected chi connectivity index (χ1v) is 8.50. The van der Waals surface area contributed by atoms with E-state index in [9.17, 15) is 14.7 Å². The van der Waals surface area contributed by atoms with Gasteiger partial charge in [0.15, 0.2) is 0 Å². The van der Waals surface area contributed by atoms with Crippen molar-refractivity contribution in [1.29, 1.82) is 0 Å². The monoisotopic (exact) mass is 354 g/mol. The first-order chi connectivity index (χ1) is 12.6. The van der Waals surface area contributed by atoms with Gasteiger partial charge in [-0.2, -0.15) is 0 Å². The summed E-state index contributed by atoms with van der Waals surface area (Å²) in [5.41, 5.74) is 2.50. The maximum absolute atomic E-state index is 12.1. The summed E-state index contributed by atoms with van der Waals surface area (Å²) < 4.78 is 5.61. The molecule has 136 valence electrons. The summed E-state index contributed by atoms with van der Waals surface area (Å²) in [6, 6.07) is 16.4. The van der Waals surface area contributed by atoms with Crippen LogP contribution in [0.1, 0.15) is 17.2 Å². The number of hydrogen-bond donors (Lipinski definition) is 2. The van der Waals surface area contributed by atoms with E-state index in [0.29, 0.717) is 12.1 Å². The van der Waals surface area contributed by atoms with E-state index in [0.717, 1.165) is 11.1 Å². The maximum atomic E-state index is 12.1. The van der Waals surface area contributed by atoms with Crippen LogP contribution in [0.2, 0.25) is 0 Å². The first kappa shape index (κ1) is 18.1. The number of rotatable bonds is 5. The Morgan fingerprint density at radius 2 is 1.88 bits per heavy atom. The molecule has 2 unspecified atom stereocenters. The molecule has 0 radical (unpaired) electrons.